The Morgan fingerprint density at radius 3 is 2.56 bits per heavy atom. The minimum absolute atomic E-state index is 0.0501. The molecule has 6 nitrogen and oxygen atoms in total. The monoisotopic (exact) mass is 384 g/mol. The molecule has 0 atom stereocenters. The number of rotatable bonds is 6. The molecule has 0 fully saturated rings. The van der Waals surface area contributed by atoms with Crippen LogP contribution < -0.4 is 10.0 Å². The van der Waals surface area contributed by atoms with Gasteiger partial charge in [-0.2, -0.15) is 0 Å². The first-order valence-electron chi connectivity index (χ1n) is 8.36. The highest BCUT2D eigenvalue weighted by Crippen LogP contribution is 2.18. The Hall–Kier alpha value is -2.90. The number of carbonyl (C=O) groups is 1. The highest BCUT2D eigenvalue weighted by molar-refractivity contribution is 7.89. The van der Waals surface area contributed by atoms with Gasteiger partial charge in [0.2, 0.25) is 10.0 Å². The Morgan fingerprint density at radius 2 is 1.85 bits per heavy atom. The average molecular weight is 384 g/mol. The quantitative estimate of drug-likeness (QED) is 0.679. The Bertz CT molecular complexity index is 1060. The zero-order chi connectivity index (χ0) is 19.4. The zero-order valence-corrected chi connectivity index (χ0v) is 15.8. The van der Waals surface area contributed by atoms with E-state index in [0.29, 0.717) is 17.0 Å². The minimum atomic E-state index is -3.73. The second-order valence-electron chi connectivity index (χ2n) is 6.20. The van der Waals surface area contributed by atoms with E-state index in [9.17, 15) is 13.2 Å². The number of anilines is 1. The molecule has 1 amide bonds. The third-order valence-corrected chi connectivity index (χ3v) is 5.44. The molecule has 3 aromatic rings. The molecule has 0 saturated carbocycles. The number of aryl methyl sites for hydroxylation is 2. The molecule has 0 bridgehead atoms. The molecule has 3 rings (SSSR count). The molecular formula is C20H20N2O4S. The van der Waals surface area contributed by atoms with Crippen LogP contribution in [0, 0.1) is 13.8 Å². The summed E-state index contributed by atoms with van der Waals surface area (Å²) in [5.74, 6) is 0.225. The summed E-state index contributed by atoms with van der Waals surface area (Å²) in [5.41, 5.74) is 2.88. The molecule has 1 aromatic heterocycles. The van der Waals surface area contributed by atoms with Gasteiger partial charge in [0, 0.05) is 11.3 Å². The second kappa shape index (κ2) is 7.77. The number of benzene rings is 2. The highest BCUT2D eigenvalue weighted by atomic mass is 32.2. The lowest BCUT2D eigenvalue weighted by molar-refractivity contribution is 0.102. The molecule has 0 aliphatic carbocycles. The molecule has 0 spiro atoms. The van der Waals surface area contributed by atoms with Crippen molar-refractivity contribution in [2.75, 3.05) is 5.32 Å². The van der Waals surface area contributed by atoms with Crippen molar-refractivity contribution in [3.63, 3.8) is 0 Å². The number of amides is 1. The van der Waals surface area contributed by atoms with Crippen LogP contribution in [0.3, 0.4) is 0 Å². The Kier molecular flexibility index (Phi) is 5.43. The standard InChI is InChI=1S/C20H20N2O4S/c1-14-8-9-19(15(2)11-14)20(23)22-16-5-3-7-18(12-16)27(24,25)21-13-17-6-4-10-26-17/h3-12,21H,13H2,1-2H3,(H,22,23). The number of sulfonamides is 1. The summed E-state index contributed by atoms with van der Waals surface area (Å²) in [5, 5.41) is 2.75. The van der Waals surface area contributed by atoms with E-state index in [-0.39, 0.29) is 17.3 Å². The van der Waals surface area contributed by atoms with Crippen molar-refractivity contribution >= 4 is 21.6 Å². The van der Waals surface area contributed by atoms with Crippen LogP contribution in [0.25, 0.3) is 0 Å². The summed E-state index contributed by atoms with van der Waals surface area (Å²) < 4.78 is 32.5. The Balaban J connectivity index is 1.75. The molecule has 7 heteroatoms. The summed E-state index contributed by atoms with van der Waals surface area (Å²) in [7, 11) is -3.73. The van der Waals surface area contributed by atoms with Crippen LogP contribution in [0.15, 0.2) is 70.2 Å². The van der Waals surface area contributed by atoms with E-state index < -0.39 is 10.0 Å². The van der Waals surface area contributed by atoms with Crippen molar-refractivity contribution in [2.24, 2.45) is 0 Å². The van der Waals surface area contributed by atoms with Gasteiger partial charge in [0.1, 0.15) is 5.76 Å². The van der Waals surface area contributed by atoms with Crippen molar-refractivity contribution in [3.8, 4) is 0 Å². The van der Waals surface area contributed by atoms with Gasteiger partial charge in [0.25, 0.3) is 5.91 Å². The molecule has 0 unspecified atom stereocenters. The molecule has 0 aliphatic rings. The van der Waals surface area contributed by atoms with Gasteiger partial charge in [0.05, 0.1) is 17.7 Å². The lowest BCUT2D eigenvalue weighted by Gasteiger charge is -2.10. The summed E-state index contributed by atoms with van der Waals surface area (Å²) in [6.07, 6.45) is 1.48. The molecule has 140 valence electrons. The molecule has 0 saturated heterocycles. The van der Waals surface area contributed by atoms with Crippen molar-refractivity contribution in [1.29, 1.82) is 0 Å². The van der Waals surface area contributed by atoms with E-state index in [1.807, 2.05) is 26.0 Å². The van der Waals surface area contributed by atoms with Crippen LogP contribution in [0.4, 0.5) is 5.69 Å². The molecule has 2 aromatic carbocycles. The van der Waals surface area contributed by atoms with Crippen LogP contribution in [0.1, 0.15) is 27.2 Å². The van der Waals surface area contributed by atoms with Crippen LogP contribution >= 0.6 is 0 Å². The van der Waals surface area contributed by atoms with Crippen molar-refractivity contribution < 1.29 is 17.6 Å². The summed E-state index contributed by atoms with van der Waals surface area (Å²) >= 11 is 0. The van der Waals surface area contributed by atoms with Crippen molar-refractivity contribution in [1.82, 2.24) is 4.72 Å². The predicted octanol–water partition coefficient (Wildman–Crippen LogP) is 3.63. The van der Waals surface area contributed by atoms with Crippen LogP contribution in [-0.2, 0) is 16.6 Å². The fraction of sp³-hybridized carbons (Fsp3) is 0.150. The molecule has 0 radical (unpaired) electrons. The van der Waals surface area contributed by atoms with Crippen molar-refractivity contribution in [2.45, 2.75) is 25.3 Å². The van der Waals surface area contributed by atoms with Gasteiger partial charge in [-0.1, -0.05) is 23.8 Å². The first-order valence-corrected chi connectivity index (χ1v) is 9.84. The van der Waals surface area contributed by atoms with E-state index in [1.54, 1.807) is 30.3 Å². The molecule has 27 heavy (non-hydrogen) atoms. The predicted molar refractivity (Wildman–Crippen MR) is 103 cm³/mol. The SMILES string of the molecule is Cc1ccc(C(=O)Nc2cccc(S(=O)(=O)NCc3ccco3)c2)c(C)c1. The molecule has 2 N–H and O–H groups in total. The number of hydrogen-bond acceptors (Lipinski definition) is 4. The summed E-state index contributed by atoms with van der Waals surface area (Å²) in [4.78, 5) is 12.6. The maximum Gasteiger partial charge on any atom is 0.255 e. The minimum Gasteiger partial charge on any atom is -0.468 e. The first kappa shape index (κ1) is 18.9. The molecule has 0 aliphatic heterocycles. The van der Waals surface area contributed by atoms with Crippen LogP contribution in [-0.4, -0.2) is 14.3 Å². The Morgan fingerprint density at radius 1 is 1.04 bits per heavy atom. The van der Waals surface area contributed by atoms with Gasteiger partial charge in [-0.3, -0.25) is 4.79 Å². The fourth-order valence-corrected chi connectivity index (χ4v) is 3.71. The van der Waals surface area contributed by atoms with Gasteiger partial charge in [0.15, 0.2) is 0 Å². The summed E-state index contributed by atoms with van der Waals surface area (Å²) in [6.45, 7) is 3.87. The normalized spacial score (nSPS) is 11.3. The first-order chi connectivity index (χ1) is 12.8. The van der Waals surface area contributed by atoms with Gasteiger partial charge >= 0.3 is 0 Å². The van der Waals surface area contributed by atoms with Gasteiger partial charge in [-0.05, 0) is 55.8 Å². The van der Waals surface area contributed by atoms with E-state index in [2.05, 4.69) is 10.0 Å². The van der Waals surface area contributed by atoms with Crippen molar-refractivity contribution in [3.05, 3.63) is 83.3 Å². The maximum atomic E-state index is 12.5. The molecular weight excluding hydrogens is 364 g/mol. The fourth-order valence-electron chi connectivity index (χ4n) is 2.67. The third-order valence-electron chi connectivity index (χ3n) is 4.05. The lowest BCUT2D eigenvalue weighted by atomic mass is 10.1. The van der Waals surface area contributed by atoms with Gasteiger partial charge in [-0.25, -0.2) is 13.1 Å². The maximum absolute atomic E-state index is 12.5. The van der Waals surface area contributed by atoms with Crippen LogP contribution in [0.5, 0.6) is 0 Å². The summed E-state index contributed by atoms with van der Waals surface area (Å²) in [6, 6.07) is 15.0. The highest BCUT2D eigenvalue weighted by Gasteiger charge is 2.16. The van der Waals surface area contributed by atoms with E-state index >= 15 is 0 Å². The van der Waals surface area contributed by atoms with E-state index in [4.69, 9.17) is 4.42 Å². The smallest absolute Gasteiger partial charge is 0.255 e. The topological polar surface area (TPSA) is 88.4 Å². The zero-order valence-electron chi connectivity index (χ0n) is 15.0. The number of nitrogens with one attached hydrogen (secondary N) is 2. The van der Waals surface area contributed by atoms with Crippen LogP contribution in [0.2, 0.25) is 0 Å². The van der Waals surface area contributed by atoms with E-state index in [0.717, 1.165) is 11.1 Å². The van der Waals surface area contributed by atoms with Gasteiger partial charge < -0.3 is 9.73 Å². The Labute approximate surface area is 158 Å². The largest absolute Gasteiger partial charge is 0.468 e. The average Bonchev–Trinajstić information content (AvgIpc) is 3.14. The number of carbonyl (C=O) groups excluding carboxylic acids is 1. The lowest BCUT2D eigenvalue weighted by Crippen LogP contribution is -2.23. The van der Waals surface area contributed by atoms with E-state index in [1.165, 1.54) is 18.4 Å². The number of furan rings is 1. The third kappa shape index (κ3) is 4.64. The van der Waals surface area contributed by atoms with Gasteiger partial charge in [-0.15, -0.1) is 0 Å². The number of hydrogen-bond donors (Lipinski definition) is 2. The second-order valence-corrected chi connectivity index (χ2v) is 7.97. The molecule has 1 heterocycles.